The maximum absolute atomic E-state index is 12.7. The lowest BCUT2D eigenvalue weighted by molar-refractivity contribution is -0.142. The van der Waals surface area contributed by atoms with Gasteiger partial charge < -0.3 is 43.4 Å². The summed E-state index contributed by atoms with van der Waals surface area (Å²) in [5, 5.41) is 25.9. The van der Waals surface area contributed by atoms with Crippen molar-refractivity contribution in [3.05, 3.63) is 0 Å². The van der Waals surface area contributed by atoms with E-state index in [1.54, 1.807) is 6.92 Å². The Morgan fingerprint density at radius 1 is 0.879 bits per heavy atom. The van der Waals surface area contributed by atoms with E-state index in [0.717, 1.165) is 0 Å². The number of hydrogen-bond donors (Lipinski definition) is 8. The van der Waals surface area contributed by atoms with Crippen LogP contribution in [0.2, 0.25) is 0 Å². The Morgan fingerprint density at radius 3 is 1.91 bits per heavy atom. The molecule has 0 aliphatic rings. The summed E-state index contributed by atoms with van der Waals surface area (Å²) < 4.78 is 0. The topological polar surface area (TPSA) is 240 Å². The van der Waals surface area contributed by atoms with Gasteiger partial charge in [-0.15, -0.1) is 0 Å². The molecule has 0 aliphatic heterocycles. The first-order valence-electron chi connectivity index (χ1n) is 11.0. The van der Waals surface area contributed by atoms with Gasteiger partial charge in [0.25, 0.3) is 0 Å². The Balaban J connectivity index is 5.32. The van der Waals surface area contributed by atoms with Gasteiger partial charge in [-0.2, -0.15) is 0 Å². The molecule has 0 aliphatic carbocycles. The molecule has 13 nitrogen and oxygen atoms in total. The normalized spacial score (nSPS) is 15.4. The smallest absolute Gasteiger partial charge is 0.326 e. The summed E-state index contributed by atoms with van der Waals surface area (Å²) in [6.45, 7) is 3.24. The second kappa shape index (κ2) is 15.9. The van der Waals surface area contributed by atoms with E-state index in [1.165, 1.54) is 0 Å². The van der Waals surface area contributed by atoms with E-state index in [0.29, 0.717) is 25.8 Å². The number of nitrogens with one attached hydrogen (secondary N) is 3. The molecule has 0 aromatic rings. The van der Waals surface area contributed by atoms with Crippen LogP contribution in [0.4, 0.5) is 0 Å². The molecule has 0 bridgehead atoms. The van der Waals surface area contributed by atoms with Gasteiger partial charge in [0.2, 0.25) is 23.6 Å². The van der Waals surface area contributed by atoms with Gasteiger partial charge in [-0.05, 0) is 38.1 Å². The number of rotatable bonds is 17. The quantitative estimate of drug-likeness (QED) is 0.102. The van der Waals surface area contributed by atoms with Crippen LogP contribution in [0.1, 0.15) is 52.4 Å². The van der Waals surface area contributed by atoms with Crippen LogP contribution in [-0.4, -0.2) is 77.1 Å². The summed E-state index contributed by atoms with van der Waals surface area (Å²) in [4.78, 5) is 60.0. The third-order valence-corrected chi connectivity index (χ3v) is 5.25. The maximum atomic E-state index is 12.7. The van der Waals surface area contributed by atoms with Gasteiger partial charge in [0, 0.05) is 6.42 Å². The number of aliphatic hydroxyl groups excluding tert-OH is 1. The highest BCUT2D eigenvalue weighted by Crippen LogP contribution is 2.07. The molecule has 33 heavy (non-hydrogen) atoms. The highest BCUT2D eigenvalue weighted by molar-refractivity contribution is 5.94. The second-order valence-electron chi connectivity index (χ2n) is 7.91. The number of unbranched alkanes of at least 4 members (excludes halogenated alkanes) is 1. The lowest BCUT2D eigenvalue weighted by Crippen LogP contribution is -2.58. The molecule has 0 saturated carbocycles. The fourth-order valence-corrected chi connectivity index (χ4v) is 2.82. The number of primary amides is 1. The Hall–Kier alpha value is -2.77. The zero-order chi connectivity index (χ0) is 25.6. The van der Waals surface area contributed by atoms with Gasteiger partial charge in [0.15, 0.2) is 0 Å². The molecule has 13 heteroatoms. The highest BCUT2D eigenvalue weighted by atomic mass is 16.4. The Bertz CT molecular complexity index is 675. The van der Waals surface area contributed by atoms with Crippen molar-refractivity contribution < 1.29 is 34.2 Å². The minimum atomic E-state index is -1.39. The van der Waals surface area contributed by atoms with Crippen molar-refractivity contribution in [2.24, 2.45) is 23.1 Å². The predicted octanol–water partition coefficient (Wildman–Crippen LogP) is -2.71. The third kappa shape index (κ3) is 11.6. The summed E-state index contributed by atoms with van der Waals surface area (Å²) in [5.74, 6) is -4.50. The third-order valence-electron chi connectivity index (χ3n) is 5.25. The molecule has 0 aromatic heterocycles. The average Bonchev–Trinajstić information content (AvgIpc) is 2.77. The molecule has 4 amide bonds. The van der Waals surface area contributed by atoms with Crippen LogP contribution < -0.4 is 33.2 Å². The lowest BCUT2D eigenvalue weighted by atomic mass is 9.99. The average molecular weight is 475 g/mol. The zero-order valence-corrected chi connectivity index (χ0v) is 19.2. The van der Waals surface area contributed by atoms with Gasteiger partial charge in [0.1, 0.15) is 18.1 Å². The number of carbonyl (C=O) groups excluding carboxylic acids is 4. The lowest BCUT2D eigenvalue weighted by Gasteiger charge is -2.25. The van der Waals surface area contributed by atoms with E-state index >= 15 is 0 Å². The SMILES string of the molecule is CCC(C)C(N)C(=O)NC(CO)C(=O)NC(CCCCN)C(=O)NC(CCC(N)=O)C(=O)O. The fraction of sp³-hybridized carbons (Fsp3) is 0.750. The summed E-state index contributed by atoms with van der Waals surface area (Å²) in [7, 11) is 0. The minimum Gasteiger partial charge on any atom is -0.480 e. The molecule has 190 valence electrons. The van der Waals surface area contributed by atoms with Gasteiger partial charge in [-0.3, -0.25) is 19.2 Å². The van der Waals surface area contributed by atoms with E-state index in [-0.39, 0.29) is 25.2 Å². The van der Waals surface area contributed by atoms with Crippen LogP contribution in [0.15, 0.2) is 0 Å². The number of carbonyl (C=O) groups is 5. The number of amides is 4. The summed E-state index contributed by atoms with van der Waals surface area (Å²) in [6, 6.07) is -4.79. The van der Waals surface area contributed by atoms with Gasteiger partial charge in [-0.1, -0.05) is 20.3 Å². The standard InChI is InChI=1S/C20H38N6O7/c1-3-11(2)16(23)19(31)26-14(10-27)18(30)24-12(6-4-5-9-21)17(29)25-13(20(32)33)7-8-15(22)28/h11-14,16,27H,3-10,21,23H2,1-2H3,(H2,22,28)(H,24,30)(H,25,29)(H,26,31)(H,32,33). The van der Waals surface area contributed by atoms with Crippen molar-refractivity contribution in [2.75, 3.05) is 13.2 Å². The second-order valence-corrected chi connectivity index (χ2v) is 7.91. The molecule has 0 rings (SSSR count). The number of nitrogens with two attached hydrogens (primary N) is 3. The minimum absolute atomic E-state index is 0.134. The van der Waals surface area contributed by atoms with E-state index in [1.807, 2.05) is 6.92 Å². The van der Waals surface area contributed by atoms with Crippen LogP contribution >= 0.6 is 0 Å². The van der Waals surface area contributed by atoms with Crippen LogP contribution in [0.3, 0.4) is 0 Å². The van der Waals surface area contributed by atoms with Crippen molar-refractivity contribution in [1.82, 2.24) is 16.0 Å². The molecule has 11 N–H and O–H groups in total. The first-order valence-corrected chi connectivity index (χ1v) is 11.0. The first-order chi connectivity index (χ1) is 15.5. The van der Waals surface area contributed by atoms with E-state index in [4.69, 9.17) is 17.2 Å². The molecule has 0 aromatic carbocycles. The predicted molar refractivity (Wildman–Crippen MR) is 119 cm³/mol. The van der Waals surface area contributed by atoms with E-state index in [2.05, 4.69) is 16.0 Å². The van der Waals surface area contributed by atoms with Crippen molar-refractivity contribution in [3.8, 4) is 0 Å². The monoisotopic (exact) mass is 474 g/mol. The van der Waals surface area contributed by atoms with Crippen LogP contribution in [0.25, 0.3) is 0 Å². The molecule has 5 atom stereocenters. The van der Waals surface area contributed by atoms with Crippen molar-refractivity contribution in [3.63, 3.8) is 0 Å². The summed E-state index contributed by atoms with van der Waals surface area (Å²) >= 11 is 0. The molecule has 0 heterocycles. The van der Waals surface area contributed by atoms with Crippen LogP contribution in [0.5, 0.6) is 0 Å². The van der Waals surface area contributed by atoms with Gasteiger partial charge >= 0.3 is 5.97 Å². The first kappa shape index (κ1) is 30.2. The molecule has 0 saturated heterocycles. The van der Waals surface area contributed by atoms with Crippen molar-refractivity contribution >= 4 is 29.6 Å². The molecule has 0 spiro atoms. The zero-order valence-electron chi connectivity index (χ0n) is 19.2. The van der Waals surface area contributed by atoms with E-state index in [9.17, 15) is 34.2 Å². The van der Waals surface area contributed by atoms with Crippen molar-refractivity contribution in [2.45, 2.75) is 76.5 Å². The molecule has 0 radical (unpaired) electrons. The Labute approximate surface area is 193 Å². The van der Waals surface area contributed by atoms with Crippen molar-refractivity contribution in [1.29, 1.82) is 0 Å². The van der Waals surface area contributed by atoms with Crippen LogP contribution in [-0.2, 0) is 24.0 Å². The van der Waals surface area contributed by atoms with E-state index < -0.39 is 60.4 Å². The van der Waals surface area contributed by atoms with Crippen LogP contribution in [0, 0.1) is 5.92 Å². The molecular formula is C20H38N6O7. The number of carboxylic acids is 1. The fourth-order valence-electron chi connectivity index (χ4n) is 2.82. The highest BCUT2D eigenvalue weighted by Gasteiger charge is 2.30. The number of carboxylic acid groups (broad SMARTS) is 1. The molecular weight excluding hydrogens is 436 g/mol. The van der Waals surface area contributed by atoms with Gasteiger partial charge in [0.05, 0.1) is 12.6 Å². The Kier molecular flexibility index (Phi) is 14.6. The summed E-state index contributed by atoms with van der Waals surface area (Å²) in [5.41, 5.74) is 16.4. The number of aliphatic carboxylic acids is 1. The number of hydrogen-bond acceptors (Lipinski definition) is 8. The molecule has 0 fully saturated rings. The Morgan fingerprint density at radius 2 is 1.42 bits per heavy atom. The van der Waals surface area contributed by atoms with Gasteiger partial charge in [-0.25, -0.2) is 4.79 Å². The maximum Gasteiger partial charge on any atom is 0.326 e. The molecule has 5 unspecified atom stereocenters. The number of aliphatic hydroxyl groups is 1. The largest absolute Gasteiger partial charge is 0.480 e. The summed E-state index contributed by atoms with van der Waals surface area (Å²) in [6.07, 6.45) is 1.29.